The van der Waals surface area contributed by atoms with Crippen LogP contribution in [0.2, 0.25) is 0 Å². The first-order valence-corrected chi connectivity index (χ1v) is 8.25. The van der Waals surface area contributed by atoms with Gasteiger partial charge in [-0.15, -0.1) is 0 Å². The van der Waals surface area contributed by atoms with Gasteiger partial charge in [-0.05, 0) is 34.9 Å². The second-order valence-electron chi connectivity index (χ2n) is 8.17. The number of benzene rings is 2. The zero-order chi connectivity index (χ0) is 18.0. The monoisotopic (exact) mass is 325 g/mol. The van der Waals surface area contributed by atoms with E-state index >= 15 is 0 Å². The molecule has 0 unspecified atom stereocenters. The van der Waals surface area contributed by atoms with Crippen LogP contribution < -0.4 is 0 Å². The van der Waals surface area contributed by atoms with Crippen molar-refractivity contribution in [1.82, 2.24) is 0 Å². The Bertz CT molecular complexity index is 725. The van der Waals surface area contributed by atoms with Gasteiger partial charge in [0.25, 0.3) is 0 Å². The number of hydrogen-bond donors (Lipinski definition) is 2. The maximum Gasteiger partial charge on any atom is 0.125 e. The Balaban J connectivity index is 2.49. The van der Waals surface area contributed by atoms with Gasteiger partial charge in [0.05, 0.1) is 0 Å². The lowest BCUT2D eigenvalue weighted by atomic mass is 9.72. The molecule has 24 heavy (non-hydrogen) atoms. The van der Waals surface area contributed by atoms with E-state index in [1.54, 1.807) is 6.07 Å². The fourth-order valence-corrected chi connectivity index (χ4v) is 3.44. The molecular weight excluding hydrogens is 298 g/mol. The van der Waals surface area contributed by atoms with Gasteiger partial charge in [0.1, 0.15) is 11.5 Å². The summed E-state index contributed by atoms with van der Waals surface area (Å²) < 4.78 is 0. The van der Waals surface area contributed by atoms with Gasteiger partial charge >= 0.3 is 0 Å². The largest absolute Gasteiger partial charge is 0.507 e. The highest BCUT2D eigenvalue weighted by Gasteiger charge is 2.28. The van der Waals surface area contributed by atoms with Crippen LogP contribution in [-0.4, -0.2) is 16.0 Å². The van der Waals surface area contributed by atoms with Crippen LogP contribution >= 0.6 is 0 Å². The third-order valence-corrected chi connectivity index (χ3v) is 4.15. The van der Waals surface area contributed by atoms with Gasteiger partial charge in [-0.1, -0.05) is 76.2 Å². The molecule has 2 aromatic rings. The Labute approximate surface area is 144 Å². The average molecular weight is 325 g/mol. The summed E-state index contributed by atoms with van der Waals surface area (Å²) in [5.41, 5.74) is 2.93. The van der Waals surface area contributed by atoms with Crippen molar-refractivity contribution in [2.45, 2.75) is 46.5 Å². The molecule has 128 valence electrons. The second kappa shape index (κ2) is 6.68. The van der Waals surface area contributed by atoms with Gasteiger partial charge in [-0.2, -0.15) is 0 Å². The molecule has 0 radical (unpaired) electrons. The quantitative estimate of drug-likeness (QED) is 0.453. The fourth-order valence-electron chi connectivity index (χ4n) is 3.44. The molecule has 3 nitrogen and oxygen atoms in total. The number of oxime groups is 1. The predicted molar refractivity (Wildman–Crippen MR) is 99.1 cm³/mol. The lowest BCUT2D eigenvalue weighted by molar-refractivity contribution is 0.284. The van der Waals surface area contributed by atoms with E-state index in [4.69, 9.17) is 0 Å². The third-order valence-electron chi connectivity index (χ3n) is 4.15. The number of nitrogens with zero attached hydrogens (tertiary/aromatic N) is 1. The second-order valence-corrected chi connectivity index (χ2v) is 8.17. The molecule has 0 heterocycles. The highest BCUT2D eigenvalue weighted by atomic mass is 16.4. The van der Waals surface area contributed by atoms with Gasteiger partial charge in [-0.25, -0.2) is 0 Å². The van der Waals surface area contributed by atoms with Crippen molar-refractivity contribution in [3.8, 4) is 5.75 Å². The summed E-state index contributed by atoms with van der Waals surface area (Å²) in [5.74, 6) is 0.113. The van der Waals surface area contributed by atoms with Crippen LogP contribution in [0.3, 0.4) is 0 Å². The van der Waals surface area contributed by atoms with Crippen molar-refractivity contribution >= 4 is 5.71 Å². The summed E-state index contributed by atoms with van der Waals surface area (Å²) in [6.07, 6.45) is 1.00. The molecule has 0 aliphatic heterocycles. The minimum Gasteiger partial charge on any atom is -0.507 e. The van der Waals surface area contributed by atoms with Crippen LogP contribution in [0.4, 0.5) is 0 Å². The van der Waals surface area contributed by atoms with Crippen LogP contribution in [0.15, 0.2) is 53.7 Å². The van der Waals surface area contributed by atoms with E-state index in [-0.39, 0.29) is 16.6 Å². The molecule has 0 spiro atoms. The van der Waals surface area contributed by atoms with Gasteiger partial charge in [-0.3, -0.25) is 0 Å². The molecule has 0 saturated carbocycles. The zero-order valence-electron chi connectivity index (χ0n) is 15.2. The van der Waals surface area contributed by atoms with Crippen LogP contribution in [0.1, 0.15) is 57.7 Å². The molecule has 0 atom stereocenters. The molecule has 2 N–H and O–H groups in total. The molecule has 3 heteroatoms. The molecule has 2 aromatic carbocycles. The smallest absolute Gasteiger partial charge is 0.125 e. The predicted octanol–water partition coefficient (Wildman–Crippen LogP) is 5.33. The average Bonchev–Trinajstić information content (AvgIpc) is 2.48. The first kappa shape index (κ1) is 18.1. The summed E-state index contributed by atoms with van der Waals surface area (Å²) in [7, 11) is 0. The molecule has 0 aliphatic rings. The van der Waals surface area contributed by atoms with Gasteiger partial charge < -0.3 is 10.3 Å². The van der Waals surface area contributed by atoms with E-state index in [9.17, 15) is 10.3 Å². The summed E-state index contributed by atoms with van der Waals surface area (Å²) in [5, 5.41) is 23.3. The summed E-state index contributed by atoms with van der Waals surface area (Å²) in [6, 6.07) is 15.0. The Morgan fingerprint density at radius 2 is 1.58 bits per heavy atom. The SMILES string of the molecule is CC(C)(C)CC(C)(C)c1ccc(O)c(/C(=N/O)c2ccccc2)c1. The number of phenolic OH excluding ortho intramolecular Hbond substituents is 1. The lowest BCUT2D eigenvalue weighted by Gasteiger charge is -2.33. The van der Waals surface area contributed by atoms with Crippen molar-refractivity contribution in [3.05, 3.63) is 65.2 Å². The lowest BCUT2D eigenvalue weighted by Crippen LogP contribution is -2.25. The summed E-state index contributed by atoms with van der Waals surface area (Å²) >= 11 is 0. The Hall–Kier alpha value is -2.29. The van der Waals surface area contributed by atoms with E-state index in [1.165, 1.54) is 0 Å². The van der Waals surface area contributed by atoms with Crippen molar-refractivity contribution in [2.75, 3.05) is 0 Å². The number of rotatable bonds is 4. The fraction of sp³-hybridized carbons (Fsp3) is 0.381. The van der Waals surface area contributed by atoms with E-state index in [0.29, 0.717) is 11.3 Å². The Morgan fingerprint density at radius 1 is 0.958 bits per heavy atom. The number of phenols is 1. The summed E-state index contributed by atoms with van der Waals surface area (Å²) in [4.78, 5) is 0. The first-order chi connectivity index (χ1) is 11.1. The number of hydrogen-bond acceptors (Lipinski definition) is 3. The standard InChI is InChI=1S/C21H27NO2/c1-20(2,3)14-21(4,5)16-11-12-18(23)17(13-16)19(22-24)15-9-7-6-8-10-15/h6-13,23-24H,14H2,1-5H3/b22-19+. The maximum absolute atomic E-state index is 10.3. The molecule has 0 amide bonds. The highest BCUT2D eigenvalue weighted by molar-refractivity contribution is 6.14. The Kier molecular flexibility index (Phi) is 5.02. The van der Waals surface area contributed by atoms with E-state index in [1.807, 2.05) is 42.5 Å². The van der Waals surface area contributed by atoms with Gasteiger partial charge in [0.15, 0.2) is 0 Å². The van der Waals surface area contributed by atoms with Crippen molar-refractivity contribution < 1.29 is 10.3 Å². The minimum absolute atomic E-state index is 0.0576. The van der Waals surface area contributed by atoms with Crippen LogP contribution in [0.25, 0.3) is 0 Å². The van der Waals surface area contributed by atoms with Crippen molar-refractivity contribution in [1.29, 1.82) is 0 Å². The third kappa shape index (κ3) is 4.16. The molecule has 0 aliphatic carbocycles. The maximum atomic E-state index is 10.3. The summed E-state index contributed by atoms with van der Waals surface area (Å²) in [6.45, 7) is 11.1. The molecule has 0 bridgehead atoms. The number of aromatic hydroxyl groups is 1. The molecular formula is C21H27NO2. The molecule has 0 saturated heterocycles. The first-order valence-electron chi connectivity index (χ1n) is 8.25. The minimum atomic E-state index is -0.0576. The molecule has 2 rings (SSSR count). The van der Waals surface area contributed by atoms with Gasteiger partial charge in [0, 0.05) is 11.1 Å². The topological polar surface area (TPSA) is 52.8 Å². The van der Waals surface area contributed by atoms with Crippen molar-refractivity contribution in [2.24, 2.45) is 10.6 Å². The Morgan fingerprint density at radius 3 is 2.12 bits per heavy atom. The van der Waals surface area contributed by atoms with Crippen LogP contribution in [0, 0.1) is 5.41 Å². The van der Waals surface area contributed by atoms with E-state index in [0.717, 1.165) is 17.5 Å². The normalized spacial score (nSPS) is 13.1. The molecule has 0 aromatic heterocycles. The van der Waals surface area contributed by atoms with E-state index in [2.05, 4.69) is 39.8 Å². The van der Waals surface area contributed by atoms with Gasteiger partial charge in [0.2, 0.25) is 0 Å². The van der Waals surface area contributed by atoms with Crippen molar-refractivity contribution in [3.63, 3.8) is 0 Å². The highest BCUT2D eigenvalue weighted by Crippen LogP contribution is 2.38. The molecule has 0 fully saturated rings. The zero-order valence-corrected chi connectivity index (χ0v) is 15.2. The van der Waals surface area contributed by atoms with Crippen LogP contribution in [0.5, 0.6) is 5.75 Å². The van der Waals surface area contributed by atoms with Crippen LogP contribution in [-0.2, 0) is 5.41 Å². The van der Waals surface area contributed by atoms with E-state index < -0.39 is 0 Å².